The third-order valence-corrected chi connectivity index (χ3v) is 5.30. The molecular formula is C20H26N4O3. The van der Waals surface area contributed by atoms with Gasteiger partial charge >= 0.3 is 0 Å². The van der Waals surface area contributed by atoms with Gasteiger partial charge in [0.05, 0.1) is 5.56 Å². The highest BCUT2D eigenvalue weighted by atomic mass is 16.3. The van der Waals surface area contributed by atoms with Crippen molar-refractivity contribution in [3.63, 3.8) is 0 Å². The molecule has 2 atom stereocenters. The summed E-state index contributed by atoms with van der Waals surface area (Å²) in [6, 6.07) is 1.76. The summed E-state index contributed by atoms with van der Waals surface area (Å²) in [5.74, 6) is 3.76. The van der Waals surface area contributed by atoms with Gasteiger partial charge in [-0.3, -0.25) is 9.59 Å². The summed E-state index contributed by atoms with van der Waals surface area (Å²) in [4.78, 5) is 24.8. The lowest BCUT2D eigenvalue weighted by Gasteiger charge is -2.14. The smallest absolute Gasteiger partial charge is 0.255 e. The van der Waals surface area contributed by atoms with Crippen LogP contribution in [0.15, 0.2) is 20.7 Å². The minimum Gasteiger partial charge on any atom is -0.466 e. The van der Waals surface area contributed by atoms with Crippen molar-refractivity contribution < 1.29 is 14.0 Å². The topological polar surface area (TPSA) is 96.1 Å². The van der Waals surface area contributed by atoms with E-state index in [0.717, 1.165) is 25.0 Å². The number of nitrogens with zero attached hydrogens (tertiary/aromatic N) is 2. The van der Waals surface area contributed by atoms with Crippen LogP contribution in [0.2, 0.25) is 0 Å². The first-order valence-electron chi connectivity index (χ1n) is 9.45. The number of hydrogen-bond acceptors (Lipinski definition) is 5. The normalized spacial score (nSPS) is 22.3. The number of carbonyl (C=O) groups excluding carboxylic acids is 2. The first-order valence-corrected chi connectivity index (χ1v) is 9.45. The first-order chi connectivity index (χ1) is 12.9. The Balaban J connectivity index is 1.40. The van der Waals surface area contributed by atoms with Gasteiger partial charge in [0.15, 0.2) is 5.66 Å². The van der Waals surface area contributed by atoms with Gasteiger partial charge < -0.3 is 15.1 Å². The van der Waals surface area contributed by atoms with E-state index in [1.165, 1.54) is 0 Å². The maximum atomic E-state index is 12.4. The van der Waals surface area contributed by atoms with E-state index in [4.69, 9.17) is 10.8 Å². The molecule has 2 heterocycles. The van der Waals surface area contributed by atoms with E-state index in [1.807, 2.05) is 6.92 Å². The maximum absolute atomic E-state index is 12.4. The predicted molar refractivity (Wildman–Crippen MR) is 100 cm³/mol. The van der Waals surface area contributed by atoms with E-state index in [9.17, 15) is 9.59 Å². The standard InChI is InChI=1S/C20H26N4O3/c1-4-5-8-20(23-24-20)9-10-21-18(25)15-6-7-16(12-15)22-19(26)17-11-13(2)27-14(17)3/h1,11,15-16H,5-10,12H2,2-3H3,(H,21,25)(H,22,26). The molecule has 7 heteroatoms. The Kier molecular flexibility index (Phi) is 5.64. The Bertz CT molecular complexity index is 784. The Morgan fingerprint density at radius 1 is 1.33 bits per heavy atom. The third kappa shape index (κ3) is 4.76. The van der Waals surface area contributed by atoms with Crippen LogP contribution in [0.3, 0.4) is 0 Å². The van der Waals surface area contributed by atoms with Gasteiger partial charge in [-0.25, -0.2) is 0 Å². The molecule has 0 saturated heterocycles. The van der Waals surface area contributed by atoms with Crippen LogP contribution >= 0.6 is 0 Å². The van der Waals surface area contributed by atoms with E-state index in [-0.39, 0.29) is 29.4 Å². The highest BCUT2D eigenvalue weighted by molar-refractivity contribution is 5.95. The molecule has 2 N–H and O–H groups in total. The first kappa shape index (κ1) is 19.2. The molecule has 1 aliphatic carbocycles. The van der Waals surface area contributed by atoms with E-state index in [1.54, 1.807) is 13.0 Å². The third-order valence-electron chi connectivity index (χ3n) is 5.30. The second-order valence-corrected chi connectivity index (χ2v) is 7.43. The van der Waals surface area contributed by atoms with Gasteiger partial charge in [-0.1, -0.05) is 0 Å². The Labute approximate surface area is 159 Å². The highest BCUT2D eigenvalue weighted by Gasteiger charge is 2.39. The maximum Gasteiger partial charge on any atom is 0.255 e. The average molecular weight is 370 g/mol. The number of carbonyl (C=O) groups is 2. The predicted octanol–water partition coefficient (Wildman–Crippen LogP) is 2.88. The molecule has 144 valence electrons. The minimum absolute atomic E-state index is 0.0123. The van der Waals surface area contributed by atoms with Crippen molar-refractivity contribution in [2.45, 2.75) is 64.1 Å². The van der Waals surface area contributed by atoms with Crippen LogP contribution in [0.5, 0.6) is 0 Å². The molecule has 27 heavy (non-hydrogen) atoms. The zero-order valence-corrected chi connectivity index (χ0v) is 15.9. The molecule has 3 rings (SSSR count). The lowest BCUT2D eigenvalue weighted by Crippen LogP contribution is -2.35. The SMILES string of the molecule is C#CCCC1(CCNC(=O)C2CCC(NC(=O)c3cc(C)oc3C)C2)N=N1. The van der Waals surface area contributed by atoms with Crippen molar-refractivity contribution in [3.05, 3.63) is 23.2 Å². The zero-order valence-electron chi connectivity index (χ0n) is 15.9. The summed E-state index contributed by atoms with van der Waals surface area (Å²) >= 11 is 0. The summed E-state index contributed by atoms with van der Waals surface area (Å²) < 4.78 is 5.41. The average Bonchev–Trinajstić information content (AvgIpc) is 3.08. The molecule has 0 spiro atoms. The Morgan fingerprint density at radius 2 is 2.11 bits per heavy atom. The number of nitrogens with one attached hydrogen (secondary N) is 2. The molecule has 1 aromatic heterocycles. The van der Waals surface area contributed by atoms with Gasteiger partial charge in [-0.05, 0) is 39.2 Å². The lowest BCUT2D eigenvalue weighted by atomic mass is 10.0. The van der Waals surface area contributed by atoms with Crippen LogP contribution in [-0.2, 0) is 4.79 Å². The van der Waals surface area contributed by atoms with Gasteiger partial charge in [0.2, 0.25) is 5.91 Å². The number of terminal acetylenes is 1. The number of rotatable bonds is 8. The number of amides is 2. The summed E-state index contributed by atoms with van der Waals surface area (Å²) in [6.45, 7) is 4.14. The number of furan rings is 1. The van der Waals surface area contributed by atoms with Gasteiger partial charge in [0.25, 0.3) is 5.91 Å². The van der Waals surface area contributed by atoms with E-state index in [0.29, 0.717) is 37.1 Å². The van der Waals surface area contributed by atoms with Crippen molar-refractivity contribution in [2.24, 2.45) is 16.1 Å². The fourth-order valence-electron chi connectivity index (χ4n) is 3.67. The van der Waals surface area contributed by atoms with Crippen molar-refractivity contribution in [3.8, 4) is 12.3 Å². The van der Waals surface area contributed by atoms with Crippen LogP contribution in [0.4, 0.5) is 0 Å². The van der Waals surface area contributed by atoms with Crippen LogP contribution in [0.25, 0.3) is 0 Å². The lowest BCUT2D eigenvalue weighted by molar-refractivity contribution is -0.124. The van der Waals surface area contributed by atoms with Gasteiger partial charge in [0.1, 0.15) is 11.5 Å². The zero-order chi connectivity index (χ0) is 19.4. The van der Waals surface area contributed by atoms with Crippen molar-refractivity contribution >= 4 is 11.8 Å². The molecule has 1 aliphatic heterocycles. The molecule has 1 fully saturated rings. The van der Waals surface area contributed by atoms with E-state index < -0.39 is 0 Å². The molecule has 7 nitrogen and oxygen atoms in total. The van der Waals surface area contributed by atoms with Crippen LogP contribution in [-0.4, -0.2) is 30.1 Å². The van der Waals surface area contributed by atoms with Crippen LogP contribution < -0.4 is 10.6 Å². The molecule has 2 unspecified atom stereocenters. The van der Waals surface area contributed by atoms with Crippen molar-refractivity contribution in [2.75, 3.05) is 6.54 Å². The fourth-order valence-corrected chi connectivity index (χ4v) is 3.67. The molecule has 2 amide bonds. The Morgan fingerprint density at radius 3 is 2.74 bits per heavy atom. The second-order valence-electron chi connectivity index (χ2n) is 7.43. The van der Waals surface area contributed by atoms with Gasteiger partial charge in [-0.15, -0.1) is 12.3 Å². The molecule has 0 bridgehead atoms. The highest BCUT2D eigenvalue weighted by Crippen LogP contribution is 2.36. The number of hydrogen-bond donors (Lipinski definition) is 2. The molecular weight excluding hydrogens is 344 g/mol. The fraction of sp³-hybridized carbons (Fsp3) is 0.600. The molecule has 0 aromatic carbocycles. The Hall–Kier alpha value is -2.62. The molecule has 0 radical (unpaired) electrons. The summed E-state index contributed by atoms with van der Waals surface area (Å²) in [7, 11) is 0. The van der Waals surface area contributed by atoms with Crippen LogP contribution in [0.1, 0.15) is 60.4 Å². The second kappa shape index (κ2) is 7.95. The quantitative estimate of drug-likeness (QED) is 0.689. The van der Waals surface area contributed by atoms with Gasteiger partial charge in [0, 0.05) is 37.8 Å². The molecule has 2 aliphatic rings. The largest absolute Gasteiger partial charge is 0.466 e. The van der Waals surface area contributed by atoms with E-state index >= 15 is 0 Å². The molecule has 1 aromatic rings. The summed E-state index contributed by atoms with van der Waals surface area (Å²) in [5, 5.41) is 14.1. The van der Waals surface area contributed by atoms with Crippen LogP contribution in [0, 0.1) is 32.1 Å². The van der Waals surface area contributed by atoms with Gasteiger partial charge in [-0.2, -0.15) is 10.2 Å². The monoisotopic (exact) mass is 370 g/mol. The van der Waals surface area contributed by atoms with Crippen molar-refractivity contribution in [1.82, 2.24) is 10.6 Å². The minimum atomic E-state index is -0.369. The van der Waals surface area contributed by atoms with Crippen molar-refractivity contribution in [1.29, 1.82) is 0 Å². The molecule has 1 saturated carbocycles. The number of aryl methyl sites for hydroxylation is 2. The van der Waals surface area contributed by atoms with E-state index in [2.05, 4.69) is 26.8 Å². The summed E-state index contributed by atoms with van der Waals surface area (Å²) in [5.41, 5.74) is 0.196. The summed E-state index contributed by atoms with van der Waals surface area (Å²) in [6.07, 6.45) is 9.58.